The van der Waals surface area contributed by atoms with Crippen LogP contribution in [0.15, 0.2) is 19.0 Å². The molecule has 8 nitrogen and oxygen atoms in total. The molecule has 1 aromatic rings. The molecule has 1 rings (SSSR count). The van der Waals surface area contributed by atoms with E-state index >= 15 is 0 Å². The lowest BCUT2D eigenvalue weighted by Crippen LogP contribution is -2.03. The summed E-state index contributed by atoms with van der Waals surface area (Å²) in [7, 11) is 0. The Morgan fingerprint density at radius 2 is 0.913 bits per heavy atom. The van der Waals surface area contributed by atoms with Gasteiger partial charge in [0, 0.05) is 0 Å². The molecule has 1 heterocycles. The molecule has 0 saturated heterocycles. The molecule has 0 radical (unpaired) electrons. The topological polar surface area (TPSA) is 84.8 Å². The normalized spacial score (nSPS) is 11.7. The maximum absolute atomic E-state index is 5.55. The van der Waals surface area contributed by atoms with Crippen molar-refractivity contribution in [3.8, 4) is 0 Å². The summed E-state index contributed by atoms with van der Waals surface area (Å²) in [4.78, 5) is 10.7. The van der Waals surface area contributed by atoms with E-state index in [1.165, 1.54) is 19.0 Å². The molecule has 0 aromatic carbocycles. The molecular weight excluding hydrogens is 380 g/mol. The maximum Gasteiger partial charge on any atom is 0.334 e. The molecule has 23 heavy (non-hydrogen) atoms. The smallest absolute Gasteiger partial charge is 0.309 e. The minimum atomic E-state index is -2.87. The minimum Gasteiger partial charge on any atom is -0.309 e. The Morgan fingerprint density at radius 1 is 0.652 bits per heavy atom. The molecule has 0 bridgehead atoms. The Kier molecular flexibility index (Phi) is 13.5. The summed E-state index contributed by atoms with van der Waals surface area (Å²) in [6, 6.07) is 0. The second-order valence-corrected chi connectivity index (χ2v) is 9.60. The van der Waals surface area contributed by atoms with Gasteiger partial charge in [0.2, 0.25) is 0 Å². The number of hydrogen-bond donors (Lipinski definition) is 0. The van der Waals surface area contributed by atoms with E-state index in [-0.39, 0.29) is 0 Å². The summed E-state index contributed by atoms with van der Waals surface area (Å²) >= 11 is 10.4. The number of nitrogens with zero attached hydrogens (tertiary/aromatic N) is 3. The van der Waals surface area contributed by atoms with Crippen LogP contribution in [0.1, 0.15) is 27.7 Å². The lowest BCUT2D eigenvalue weighted by atomic mass is 10.9. The zero-order valence-corrected chi connectivity index (χ0v) is 17.1. The highest BCUT2D eigenvalue weighted by atomic mass is 32.5. The van der Waals surface area contributed by atoms with Crippen molar-refractivity contribution in [2.24, 2.45) is 0 Å². The fraction of sp³-hybridized carbons (Fsp3) is 0.727. The number of rotatable bonds is 10. The fourth-order valence-electron chi connectivity index (χ4n) is 1.13. The highest BCUT2D eigenvalue weighted by Gasteiger charge is 2.31. The molecule has 134 valence electrons. The molecule has 12 heteroatoms. The molecule has 0 unspecified atom stereocenters. The van der Waals surface area contributed by atoms with Crippen LogP contribution >= 0.6 is 13.4 Å². The third-order valence-corrected chi connectivity index (χ3v) is 8.11. The van der Waals surface area contributed by atoms with Crippen LogP contribution in [0.5, 0.6) is 0 Å². The standard InChI is InChI=1S/C8H20O5P2S2.C3H3N3/c1-5-9-14(16,10-6-2)13-15(17,11-7-3)12-8-4;1-4-2-6-3-5-1/h5-8H2,1-4H3;1-3H. The zero-order valence-electron chi connectivity index (χ0n) is 13.7. The van der Waals surface area contributed by atoms with E-state index in [9.17, 15) is 0 Å². The Morgan fingerprint density at radius 3 is 1.09 bits per heavy atom. The molecule has 0 aliphatic rings. The molecule has 0 saturated carbocycles. The predicted molar refractivity (Wildman–Crippen MR) is 96.0 cm³/mol. The average molecular weight is 403 g/mol. The highest BCUT2D eigenvalue weighted by molar-refractivity contribution is 8.14. The molecule has 0 aliphatic heterocycles. The van der Waals surface area contributed by atoms with Crippen molar-refractivity contribution < 1.29 is 22.4 Å². The molecule has 0 spiro atoms. The SMILES string of the molecule is CCOP(=S)(OCC)OP(=S)(OCC)OCC.c1ncncn1. The van der Waals surface area contributed by atoms with Gasteiger partial charge in [0.15, 0.2) is 0 Å². The highest BCUT2D eigenvalue weighted by Crippen LogP contribution is 2.66. The van der Waals surface area contributed by atoms with E-state index in [4.69, 9.17) is 46.0 Å². The fourth-order valence-corrected chi connectivity index (χ4v) is 7.50. The van der Waals surface area contributed by atoms with Gasteiger partial charge in [-0.05, 0) is 51.3 Å². The van der Waals surface area contributed by atoms with Gasteiger partial charge in [0.1, 0.15) is 19.0 Å². The third-order valence-electron chi connectivity index (χ3n) is 1.75. The first-order valence-electron chi connectivity index (χ1n) is 6.99. The van der Waals surface area contributed by atoms with E-state index in [1.54, 1.807) is 0 Å². The molecule has 0 N–H and O–H groups in total. The van der Waals surface area contributed by atoms with Gasteiger partial charge < -0.3 is 18.1 Å². The lowest BCUT2D eigenvalue weighted by Gasteiger charge is -2.27. The van der Waals surface area contributed by atoms with Crippen molar-refractivity contribution in [3.05, 3.63) is 19.0 Å². The van der Waals surface area contributed by atoms with Gasteiger partial charge in [-0.3, -0.25) is 0 Å². The first-order valence-corrected chi connectivity index (χ1v) is 12.1. The van der Waals surface area contributed by atoms with Crippen LogP contribution in [0.2, 0.25) is 0 Å². The maximum atomic E-state index is 5.55. The van der Waals surface area contributed by atoms with Crippen molar-refractivity contribution in [3.63, 3.8) is 0 Å². The summed E-state index contributed by atoms with van der Waals surface area (Å²) in [5.41, 5.74) is 0. The first kappa shape index (κ1) is 23.1. The Balaban J connectivity index is 0.000000664. The summed E-state index contributed by atoms with van der Waals surface area (Å²) in [6.07, 6.45) is 4.31. The summed E-state index contributed by atoms with van der Waals surface area (Å²) in [5.74, 6) is 0. The van der Waals surface area contributed by atoms with Gasteiger partial charge in [-0.15, -0.1) is 0 Å². The second-order valence-electron chi connectivity index (χ2n) is 3.44. The Bertz CT molecular complexity index is 423. The molecule has 0 aliphatic carbocycles. The molecule has 0 atom stereocenters. The average Bonchev–Trinajstić information content (AvgIpc) is 2.50. The Hall–Kier alpha value is 0.110. The van der Waals surface area contributed by atoms with E-state index in [2.05, 4.69) is 15.0 Å². The van der Waals surface area contributed by atoms with E-state index in [0.29, 0.717) is 26.4 Å². The predicted octanol–water partition coefficient (Wildman–Crippen LogP) is 3.47. The zero-order chi connectivity index (χ0) is 17.6. The molecular formula is C11H23N3O5P2S2. The van der Waals surface area contributed by atoms with Crippen LogP contribution in [-0.4, -0.2) is 41.4 Å². The van der Waals surface area contributed by atoms with E-state index in [1.807, 2.05) is 27.7 Å². The lowest BCUT2D eigenvalue weighted by molar-refractivity contribution is 0.176. The first-order chi connectivity index (χ1) is 10.9. The van der Waals surface area contributed by atoms with Gasteiger partial charge in [-0.1, -0.05) is 0 Å². The molecule has 1 aromatic heterocycles. The van der Waals surface area contributed by atoms with Crippen molar-refractivity contribution in [2.45, 2.75) is 27.7 Å². The summed E-state index contributed by atoms with van der Waals surface area (Å²) in [6.45, 7) is 3.09. The molecule has 0 amide bonds. The van der Waals surface area contributed by atoms with Gasteiger partial charge in [-0.25, -0.2) is 19.3 Å². The van der Waals surface area contributed by atoms with Crippen molar-refractivity contribution >= 4 is 37.1 Å². The van der Waals surface area contributed by atoms with Crippen LogP contribution in [0, 0.1) is 0 Å². The van der Waals surface area contributed by atoms with Crippen LogP contribution < -0.4 is 0 Å². The number of aromatic nitrogens is 3. The van der Waals surface area contributed by atoms with Gasteiger partial charge in [-0.2, -0.15) is 0 Å². The van der Waals surface area contributed by atoms with E-state index < -0.39 is 13.4 Å². The van der Waals surface area contributed by atoms with Gasteiger partial charge in [0.25, 0.3) is 0 Å². The summed E-state index contributed by atoms with van der Waals surface area (Å²) in [5, 5.41) is 0. The van der Waals surface area contributed by atoms with Crippen LogP contribution in [-0.2, 0) is 46.0 Å². The van der Waals surface area contributed by atoms with Gasteiger partial charge in [0.05, 0.1) is 26.4 Å². The van der Waals surface area contributed by atoms with E-state index in [0.717, 1.165) is 0 Å². The van der Waals surface area contributed by atoms with Crippen molar-refractivity contribution in [2.75, 3.05) is 26.4 Å². The number of hydrogen-bond acceptors (Lipinski definition) is 10. The van der Waals surface area contributed by atoms with Crippen molar-refractivity contribution in [1.82, 2.24) is 15.0 Å². The van der Waals surface area contributed by atoms with Crippen LogP contribution in [0.4, 0.5) is 0 Å². The third kappa shape index (κ3) is 11.3. The largest absolute Gasteiger partial charge is 0.334 e. The quantitative estimate of drug-likeness (QED) is 0.541. The Labute approximate surface area is 147 Å². The van der Waals surface area contributed by atoms with Crippen LogP contribution in [0.25, 0.3) is 0 Å². The van der Waals surface area contributed by atoms with Crippen molar-refractivity contribution in [1.29, 1.82) is 0 Å². The summed E-state index contributed by atoms with van der Waals surface area (Å²) < 4.78 is 26.9. The monoisotopic (exact) mass is 403 g/mol. The molecule has 0 fully saturated rings. The van der Waals surface area contributed by atoms with Gasteiger partial charge >= 0.3 is 13.4 Å². The minimum absolute atomic E-state index is 0.394. The second kappa shape index (κ2) is 13.4. The van der Waals surface area contributed by atoms with Crippen LogP contribution in [0.3, 0.4) is 0 Å².